The van der Waals surface area contributed by atoms with E-state index in [4.69, 9.17) is 16.3 Å². The number of hydrogen-bond donors (Lipinski definition) is 1. The number of benzene rings is 1. The molecule has 0 aliphatic rings. The van der Waals surface area contributed by atoms with Gasteiger partial charge >= 0.3 is 18.4 Å². The summed E-state index contributed by atoms with van der Waals surface area (Å²) in [6, 6.07) is 0.807. The van der Waals surface area contributed by atoms with Crippen LogP contribution in [0, 0.1) is 6.92 Å². The monoisotopic (exact) mass is 499 g/mol. The van der Waals surface area contributed by atoms with Crippen LogP contribution in [0.1, 0.15) is 43.3 Å². The van der Waals surface area contributed by atoms with Crippen LogP contribution in [0.3, 0.4) is 0 Å². The van der Waals surface area contributed by atoms with Crippen molar-refractivity contribution in [1.29, 1.82) is 0 Å². The molecule has 6 nitrogen and oxygen atoms in total. The summed E-state index contributed by atoms with van der Waals surface area (Å²) in [4.78, 5) is 21.3. The minimum atomic E-state index is -5.28. The maximum atomic E-state index is 13.9. The van der Waals surface area contributed by atoms with E-state index in [0.29, 0.717) is 17.0 Å². The lowest BCUT2D eigenvalue weighted by atomic mass is 10.1. The first-order valence-electron chi connectivity index (χ1n) is 9.41. The van der Waals surface area contributed by atoms with Crippen LogP contribution in [-0.4, -0.2) is 33.4 Å². The van der Waals surface area contributed by atoms with Gasteiger partial charge in [0.2, 0.25) is 0 Å². The van der Waals surface area contributed by atoms with Crippen molar-refractivity contribution in [2.75, 3.05) is 11.5 Å². The molecule has 0 radical (unpaired) electrons. The molecule has 33 heavy (non-hydrogen) atoms. The summed E-state index contributed by atoms with van der Waals surface area (Å²) in [6.07, 6.45) is -11.9. The number of nitrogens with zero attached hydrogens (tertiary/aromatic N) is 3. The Kier molecular flexibility index (Phi) is 7.54. The van der Waals surface area contributed by atoms with E-state index in [9.17, 15) is 36.2 Å². The third-order valence-electron chi connectivity index (χ3n) is 4.07. The predicted molar refractivity (Wildman–Crippen MR) is 107 cm³/mol. The Hall–Kier alpha value is -2.60. The highest BCUT2D eigenvalue weighted by Gasteiger charge is 2.42. The van der Waals surface area contributed by atoms with Crippen LogP contribution in [0.5, 0.6) is 0 Å². The fourth-order valence-corrected chi connectivity index (χ4v) is 3.10. The maximum Gasteiger partial charge on any atom is 0.420 e. The van der Waals surface area contributed by atoms with Crippen molar-refractivity contribution in [1.82, 2.24) is 9.97 Å². The third kappa shape index (κ3) is 6.47. The fraction of sp³-hybridized carbons (Fsp3) is 0.450. The van der Waals surface area contributed by atoms with Crippen LogP contribution < -0.4 is 4.90 Å². The Bertz CT molecular complexity index is 1040. The summed E-state index contributed by atoms with van der Waals surface area (Å²) in [6.45, 7) is 5.18. The van der Waals surface area contributed by atoms with Gasteiger partial charge in [-0.3, -0.25) is 0 Å². The summed E-state index contributed by atoms with van der Waals surface area (Å²) in [7, 11) is 0. The second kappa shape index (κ2) is 9.34. The van der Waals surface area contributed by atoms with Gasteiger partial charge in [0.05, 0.1) is 16.8 Å². The number of aliphatic hydroxyl groups is 1. The lowest BCUT2D eigenvalue weighted by Gasteiger charge is -2.30. The standard InChI is InChI=1S/C20H20ClF6N3O3/c1-10-28-15(21)12(7-8-31)16(29-10)30(17(32)33-18(2,3)4)14-6-5-11(19(22,23)24)9-13(14)20(25,26)27/h5-6,9,31H,7-8H2,1-4H3. The van der Waals surface area contributed by atoms with E-state index in [2.05, 4.69) is 9.97 Å². The molecule has 1 amide bonds. The molecule has 2 rings (SSSR count). The first-order chi connectivity index (χ1) is 15.0. The van der Waals surface area contributed by atoms with Crippen molar-refractivity contribution in [2.24, 2.45) is 0 Å². The van der Waals surface area contributed by atoms with Gasteiger partial charge in [0, 0.05) is 18.6 Å². The van der Waals surface area contributed by atoms with Gasteiger partial charge in [-0.25, -0.2) is 19.7 Å². The molecule has 13 heteroatoms. The van der Waals surface area contributed by atoms with E-state index in [1.807, 2.05) is 0 Å². The third-order valence-corrected chi connectivity index (χ3v) is 4.38. The number of anilines is 2. The quantitative estimate of drug-likeness (QED) is 0.407. The molecule has 182 valence electrons. The molecule has 1 aromatic carbocycles. The summed E-state index contributed by atoms with van der Waals surface area (Å²) >= 11 is 6.09. The van der Waals surface area contributed by atoms with Crippen LogP contribution in [0.4, 0.5) is 42.6 Å². The topological polar surface area (TPSA) is 75.6 Å². The smallest absolute Gasteiger partial charge is 0.420 e. The number of carbonyl (C=O) groups excluding carboxylic acids is 1. The number of aliphatic hydroxyl groups excluding tert-OH is 1. The number of alkyl halides is 6. The largest absolute Gasteiger partial charge is 0.443 e. The van der Waals surface area contributed by atoms with E-state index in [-0.39, 0.29) is 29.0 Å². The molecule has 1 aromatic heterocycles. The van der Waals surface area contributed by atoms with Crippen molar-refractivity contribution in [2.45, 2.75) is 52.1 Å². The van der Waals surface area contributed by atoms with Crippen LogP contribution in [0.25, 0.3) is 0 Å². The zero-order chi connectivity index (χ0) is 25.4. The number of carbonyl (C=O) groups is 1. The highest BCUT2D eigenvalue weighted by Crippen LogP contribution is 2.43. The van der Waals surface area contributed by atoms with Gasteiger partial charge in [-0.15, -0.1) is 0 Å². The van der Waals surface area contributed by atoms with Gasteiger partial charge in [0.25, 0.3) is 0 Å². The van der Waals surface area contributed by atoms with Gasteiger partial charge in [-0.05, 0) is 45.9 Å². The number of halogens is 7. The molecular weight excluding hydrogens is 480 g/mol. The lowest BCUT2D eigenvalue weighted by molar-refractivity contribution is -0.142. The predicted octanol–water partition coefficient (Wildman–Crippen LogP) is 6.08. The molecular formula is C20H20ClF6N3O3. The van der Waals surface area contributed by atoms with Gasteiger partial charge < -0.3 is 9.84 Å². The van der Waals surface area contributed by atoms with Crippen molar-refractivity contribution < 1.29 is 41.0 Å². The first-order valence-corrected chi connectivity index (χ1v) is 9.79. The highest BCUT2D eigenvalue weighted by molar-refractivity contribution is 6.30. The lowest BCUT2D eigenvalue weighted by Crippen LogP contribution is -2.36. The van der Waals surface area contributed by atoms with E-state index in [1.165, 1.54) is 27.7 Å². The van der Waals surface area contributed by atoms with Gasteiger partial charge in [0.15, 0.2) is 5.82 Å². The summed E-state index contributed by atoms with van der Waals surface area (Å²) < 4.78 is 86.2. The summed E-state index contributed by atoms with van der Waals surface area (Å²) in [5.41, 5.74) is -5.54. The Morgan fingerprint density at radius 3 is 2.18 bits per heavy atom. The Morgan fingerprint density at radius 2 is 1.70 bits per heavy atom. The first kappa shape index (κ1) is 26.7. The zero-order valence-electron chi connectivity index (χ0n) is 17.9. The molecule has 0 spiro atoms. The molecule has 1 N–H and O–H groups in total. The summed E-state index contributed by atoms with van der Waals surface area (Å²) in [5.74, 6) is -0.494. The average molecular weight is 500 g/mol. The molecule has 0 atom stereocenters. The Morgan fingerprint density at radius 1 is 1.09 bits per heavy atom. The molecule has 0 bridgehead atoms. The zero-order valence-corrected chi connectivity index (χ0v) is 18.7. The van der Waals surface area contributed by atoms with E-state index in [0.717, 1.165) is 0 Å². The number of rotatable bonds is 4. The maximum absolute atomic E-state index is 13.9. The van der Waals surface area contributed by atoms with Crippen LogP contribution in [-0.2, 0) is 23.5 Å². The molecule has 1 heterocycles. The molecule has 2 aromatic rings. The van der Waals surface area contributed by atoms with Gasteiger partial charge in [-0.2, -0.15) is 26.3 Å². The highest BCUT2D eigenvalue weighted by atomic mass is 35.5. The number of aromatic nitrogens is 2. The van der Waals surface area contributed by atoms with Crippen LogP contribution in [0.2, 0.25) is 5.15 Å². The van der Waals surface area contributed by atoms with E-state index < -0.39 is 53.3 Å². The number of ether oxygens (including phenoxy) is 1. The fourth-order valence-electron chi connectivity index (χ4n) is 2.80. The Labute approximate surface area is 190 Å². The molecule has 0 fully saturated rings. The normalized spacial score (nSPS) is 12.6. The van der Waals surface area contributed by atoms with E-state index >= 15 is 0 Å². The number of aryl methyl sites for hydroxylation is 1. The molecule has 0 saturated heterocycles. The minimum absolute atomic E-state index is 0.0364. The van der Waals surface area contributed by atoms with Gasteiger partial charge in [0.1, 0.15) is 16.6 Å². The van der Waals surface area contributed by atoms with Crippen molar-refractivity contribution in [3.63, 3.8) is 0 Å². The number of amides is 1. The van der Waals surface area contributed by atoms with Crippen molar-refractivity contribution in [3.8, 4) is 0 Å². The van der Waals surface area contributed by atoms with Gasteiger partial charge in [-0.1, -0.05) is 11.6 Å². The Balaban J connectivity index is 2.91. The van der Waals surface area contributed by atoms with Crippen molar-refractivity contribution in [3.05, 3.63) is 45.9 Å². The molecule has 0 saturated carbocycles. The summed E-state index contributed by atoms with van der Waals surface area (Å²) in [5, 5.41) is 9.12. The second-order valence-corrected chi connectivity index (χ2v) is 8.24. The minimum Gasteiger partial charge on any atom is -0.443 e. The molecule has 0 aliphatic carbocycles. The van der Waals surface area contributed by atoms with E-state index in [1.54, 1.807) is 0 Å². The average Bonchev–Trinajstić information content (AvgIpc) is 2.61. The second-order valence-electron chi connectivity index (χ2n) is 7.88. The van der Waals surface area contributed by atoms with Crippen LogP contribution in [0.15, 0.2) is 18.2 Å². The van der Waals surface area contributed by atoms with Crippen LogP contribution >= 0.6 is 11.6 Å². The van der Waals surface area contributed by atoms with Crippen molar-refractivity contribution >= 4 is 29.2 Å². The number of hydrogen-bond acceptors (Lipinski definition) is 5. The SMILES string of the molecule is Cc1nc(Cl)c(CCO)c(N(C(=O)OC(C)(C)C)c2ccc(C(F)(F)F)cc2C(F)(F)F)n1. The molecule has 0 unspecified atom stereocenters. The molecule has 0 aliphatic heterocycles.